The van der Waals surface area contributed by atoms with Crippen LogP contribution < -0.4 is 4.90 Å². The van der Waals surface area contributed by atoms with E-state index in [4.69, 9.17) is 4.74 Å². The highest BCUT2D eigenvalue weighted by molar-refractivity contribution is 9.10. The number of esters is 1. The first-order valence-corrected chi connectivity index (χ1v) is 7.65. The summed E-state index contributed by atoms with van der Waals surface area (Å²) in [6.45, 7) is 0.704. The van der Waals surface area contributed by atoms with Gasteiger partial charge in [0, 0.05) is 23.1 Å². The Morgan fingerprint density at radius 2 is 2.05 bits per heavy atom. The van der Waals surface area contributed by atoms with E-state index in [0.29, 0.717) is 13.0 Å². The van der Waals surface area contributed by atoms with Crippen LogP contribution >= 0.6 is 15.9 Å². The first-order chi connectivity index (χ1) is 10.2. The van der Waals surface area contributed by atoms with Gasteiger partial charge in [0.1, 0.15) is 6.04 Å². The number of benzene rings is 2. The first-order valence-electron chi connectivity index (χ1n) is 6.86. The van der Waals surface area contributed by atoms with Crippen molar-refractivity contribution in [3.8, 4) is 0 Å². The van der Waals surface area contributed by atoms with Crippen LogP contribution in [0.2, 0.25) is 0 Å². The third-order valence-corrected chi connectivity index (χ3v) is 4.30. The smallest absolute Gasteiger partial charge is 0.328 e. The summed E-state index contributed by atoms with van der Waals surface area (Å²) in [5.74, 6) is -0.182. The molecule has 1 unspecified atom stereocenters. The zero-order valence-electron chi connectivity index (χ0n) is 11.8. The van der Waals surface area contributed by atoms with Crippen LogP contribution in [0.4, 0.5) is 5.69 Å². The molecule has 0 saturated heterocycles. The number of carbonyl (C=O) groups is 1. The van der Waals surface area contributed by atoms with E-state index in [9.17, 15) is 4.79 Å². The zero-order chi connectivity index (χ0) is 14.8. The second-order valence-corrected chi connectivity index (χ2v) is 6.05. The van der Waals surface area contributed by atoms with Crippen molar-refractivity contribution in [3.63, 3.8) is 0 Å². The molecule has 4 heteroatoms. The van der Waals surface area contributed by atoms with Gasteiger partial charge in [0.2, 0.25) is 0 Å². The number of methoxy groups -OCH3 is 1. The third kappa shape index (κ3) is 2.81. The van der Waals surface area contributed by atoms with E-state index in [1.54, 1.807) is 0 Å². The number of hydrogen-bond donors (Lipinski definition) is 0. The Balaban J connectivity index is 1.95. The topological polar surface area (TPSA) is 29.5 Å². The molecule has 3 nitrogen and oxygen atoms in total. The van der Waals surface area contributed by atoms with Crippen LogP contribution in [0.25, 0.3) is 0 Å². The van der Waals surface area contributed by atoms with E-state index in [2.05, 4.69) is 45.1 Å². The molecule has 0 saturated carbocycles. The molecule has 0 fully saturated rings. The van der Waals surface area contributed by atoms with Crippen molar-refractivity contribution >= 4 is 27.6 Å². The predicted octanol–water partition coefficient (Wildman–Crippen LogP) is 3.55. The van der Waals surface area contributed by atoms with Crippen molar-refractivity contribution in [2.24, 2.45) is 0 Å². The largest absolute Gasteiger partial charge is 0.467 e. The molecule has 2 aromatic carbocycles. The fourth-order valence-corrected chi connectivity index (χ4v) is 3.21. The standard InChI is InChI=1S/C17H16BrNO2/c1-21-17(20)16-10-13-9-14(18)7-8-15(13)19(16)11-12-5-3-2-4-6-12/h2-9,16H,10-11H2,1H3. The second kappa shape index (κ2) is 5.90. The SMILES string of the molecule is COC(=O)C1Cc2cc(Br)ccc2N1Cc1ccccc1. The van der Waals surface area contributed by atoms with Crippen molar-refractivity contribution in [2.45, 2.75) is 19.0 Å². The Labute approximate surface area is 132 Å². The fraction of sp³-hybridized carbons (Fsp3) is 0.235. The Hall–Kier alpha value is -1.81. The number of anilines is 1. The molecule has 0 radical (unpaired) electrons. The molecule has 0 amide bonds. The highest BCUT2D eigenvalue weighted by Gasteiger charge is 2.35. The molecule has 1 heterocycles. The number of fused-ring (bicyclic) bond motifs is 1. The van der Waals surface area contributed by atoms with Crippen LogP contribution in [-0.2, 0) is 22.5 Å². The summed E-state index contributed by atoms with van der Waals surface area (Å²) in [6.07, 6.45) is 0.689. The lowest BCUT2D eigenvalue weighted by molar-refractivity contribution is -0.142. The van der Waals surface area contributed by atoms with E-state index in [1.165, 1.54) is 18.2 Å². The van der Waals surface area contributed by atoms with Gasteiger partial charge in [-0.3, -0.25) is 0 Å². The second-order valence-electron chi connectivity index (χ2n) is 5.13. The summed E-state index contributed by atoms with van der Waals surface area (Å²) in [4.78, 5) is 14.2. The van der Waals surface area contributed by atoms with Gasteiger partial charge in [-0.2, -0.15) is 0 Å². The molecule has 1 aliphatic heterocycles. The summed E-state index contributed by atoms with van der Waals surface area (Å²) in [6, 6.07) is 16.1. The Morgan fingerprint density at radius 3 is 2.76 bits per heavy atom. The predicted molar refractivity (Wildman–Crippen MR) is 86.3 cm³/mol. The van der Waals surface area contributed by atoms with Gasteiger partial charge in [0.05, 0.1) is 7.11 Å². The van der Waals surface area contributed by atoms with E-state index in [-0.39, 0.29) is 12.0 Å². The van der Waals surface area contributed by atoms with Crippen LogP contribution in [0.1, 0.15) is 11.1 Å². The van der Waals surface area contributed by atoms with Crippen LogP contribution in [0.5, 0.6) is 0 Å². The van der Waals surface area contributed by atoms with Crippen molar-refractivity contribution in [2.75, 3.05) is 12.0 Å². The Morgan fingerprint density at radius 1 is 1.29 bits per heavy atom. The maximum atomic E-state index is 12.1. The molecule has 21 heavy (non-hydrogen) atoms. The highest BCUT2D eigenvalue weighted by atomic mass is 79.9. The summed E-state index contributed by atoms with van der Waals surface area (Å²) in [5.41, 5.74) is 3.47. The lowest BCUT2D eigenvalue weighted by Gasteiger charge is -2.25. The molecule has 108 valence electrons. The van der Waals surface area contributed by atoms with Gasteiger partial charge < -0.3 is 9.64 Å². The van der Waals surface area contributed by atoms with E-state index < -0.39 is 0 Å². The van der Waals surface area contributed by atoms with Gasteiger partial charge in [-0.15, -0.1) is 0 Å². The van der Waals surface area contributed by atoms with Crippen molar-refractivity contribution in [1.82, 2.24) is 0 Å². The Kier molecular flexibility index (Phi) is 3.97. The summed E-state index contributed by atoms with van der Waals surface area (Å²) < 4.78 is 6.00. The lowest BCUT2D eigenvalue weighted by Crippen LogP contribution is -2.39. The minimum absolute atomic E-state index is 0.182. The maximum absolute atomic E-state index is 12.1. The molecule has 0 bridgehead atoms. The highest BCUT2D eigenvalue weighted by Crippen LogP contribution is 2.35. The number of halogens is 1. The molecule has 0 spiro atoms. The molecular weight excluding hydrogens is 330 g/mol. The van der Waals surface area contributed by atoms with Crippen molar-refractivity contribution in [1.29, 1.82) is 0 Å². The van der Waals surface area contributed by atoms with Crippen LogP contribution in [-0.4, -0.2) is 19.1 Å². The van der Waals surface area contributed by atoms with E-state index in [1.807, 2.05) is 24.3 Å². The number of hydrogen-bond acceptors (Lipinski definition) is 3. The normalized spacial score (nSPS) is 16.7. The van der Waals surface area contributed by atoms with Gasteiger partial charge >= 0.3 is 5.97 Å². The van der Waals surface area contributed by atoms with Crippen LogP contribution in [0.15, 0.2) is 53.0 Å². The van der Waals surface area contributed by atoms with E-state index >= 15 is 0 Å². The van der Waals surface area contributed by atoms with Gasteiger partial charge in [0.15, 0.2) is 0 Å². The third-order valence-electron chi connectivity index (χ3n) is 3.81. The van der Waals surface area contributed by atoms with Crippen molar-refractivity contribution in [3.05, 3.63) is 64.1 Å². The number of ether oxygens (including phenoxy) is 1. The van der Waals surface area contributed by atoms with Gasteiger partial charge in [-0.05, 0) is 29.3 Å². The summed E-state index contributed by atoms with van der Waals surface area (Å²) in [5, 5.41) is 0. The van der Waals surface area contributed by atoms with Gasteiger partial charge in [-0.1, -0.05) is 46.3 Å². The van der Waals surface area contributed by atoms with Crippen LogP contribution in [0.3, 0.4) is 0 Å². The molecular formula is C17H16BrNO2. The monoisotopic (exact) mass is 345 g/mol. The summed E-state index contributed by atoms with van der Waals surface area (Å²) in [7, 11) is 1.45. The molecule has 0 aromatic heterocycles. The first kappa shape index (κ1) is 14.1. The molecule has 2 aromatic rings. The quantitative estimate of drug-likeness (QED) is 0.796. The number of nitrogens with zero attached hydrogens (tertiary/aromatic N) is 1. The van der Waals surface area contributed by atoms with Gasteiger partial charge in [-0.25, -0.2) is 4.79 Å². The molecule has 1 aliphatic rings. The van der Waals surface area contributed by atoms with Crippen molar-refractivity contribution < 1.29 is 9.53 Å². The number of rotatable bonds is 3. The average Bonchev–Trinajstić information content (AvgIpc) is 2.85. The molecule has 0 aliphatic carbocycles. The molecule has 0 N–H and O–H groups in total. The number of carbonyl (C=O) groups excluding carboxylic acids is 1. The summed E-state index contributed by atoms with van der Waals surface area (Å²) >= 11 is 3.49. The zero-order valence-corrected chi connectivity index (χ0v) is 13.3. The van der Waals surface area contributed by atoms with Gasteiger partial charge in [0.25, 0.3) is 0 Å². The van der Waals surface area contributed by atoms with Crippen LogP contribution in [0, 0.1) is 0 Å². The minimum Gasteiger partial charge on any atom is -0.467 e. The molecule has 3 rings (SSSR count). The average molecular weight is 346 g/mol. The maximum Gasteiger partial charge on any atom is 0.328 e. The van der Waals surface area contributed by atoms with E-state index in [0.717, 1.165) is 10.2 Å². The fourth-order valence-electron chi connectivity index (χ4n) is 2.81. The Bertz CT molecular complexity index is 657. The lowest BCUT2D eigenvalue weighted by atomic mass is 10.1. The minimum atomic E-state index is -0.250. The molecule has 1 atom stereocenters.